The van der Waals surface area contributed by atoms with Crippen LogP contribution >= 0.6 is 0 Å². The number of allylic oxidation sites excluding steroid dienone is 4. The molecule has 4 rings (SSSR count). The molecule has 2 fully saturated rings. The van der Waals surface area contributed by atoms with E-state index in [9.17, 15) is 14.7 Å². The number of carbonyl (C=O) groups excluding carboxylic acids is 1. The third-order valence-corrected chi connectivity index (χ3v) is 7.94. The number of carbonyl (C=O) groups is 2. The number of hydrogen-bond acceptors (Lipinski definition) is 2. The van der Waals surface area contributed by atoms with Crippen molar-refractivity contribution in [1.82, 2.24) is 0 Å². The molecule has 4 aliphatic rings. The van der Waals surface area contributed by atoms with Gasteiger partial charge in [0.1, 0.15) is 0 Å². The van der Waals surface area contributed by atoms with E-state index < -0.39 is 5.97 Å². The lowest BCUT2D eigenvalue weighted by atomic mass is 9.51. The maximum Gasteiger partial charge on any atom is 0.307 e. The predicted molar refractivity (Wildman–Crippen MR) is 92.4 cm³/mol. The van der Waals surface area contributed by atoms with Crippen molar-refractivity contribution < 1.29 is 14.7 Å². The van der Waals surface area contributed by atoms with Crippen molar-refractivity contribution in [1.29, 1.82) is 0 Å². The van der Waals surface area contributed by atoms with Crippen molar-refractivity contribution >= 4 is 11.8 Å². The molecule has 0 aromatic carbocycles. The van der Waals surface area contributed by atoms with Gasteiger partial charge in [-0.15, -0.1) is 0 Å². The number of hydrogen-bond donors (Lipinski definition) is 1. The van der Waals surface area contributed by atoms with Gasteiger partial charge in [-0.3, -0.25) is 9.59 Å². The van der Waals surface area contributed by atoms with Gasteiger partial charge in [-0.2, -0.15) is 0 Å². The van der Waals surface area contributed by atoms with Gasteiger partial charge >= 0.3 is 5.97 Å². The number of carboxylic acids is 1. The summed E-state index contributed by atoms with van der Waals surface area (Å²) in [5.74, 6) is 0.675. The van der Waals surface area contributed by atoms with E-state index in [1.54, 1.807) is 0 Å². The molecular weight excluding hydrogens is 300 g/mol. The van der Waals surface area contributed by atoms with Crippen LogP contribution in [-0.2, 0) is 9.59 Å². The molecule has 0 bridgehead atoms. The molecule has 0 aliphatic heterocycles. The first kappa shape index (κ1) is 16.1. The quantitative estimate of drug-likeness (QED) is 0.727. The summed E-state index contributed by atoms with van der Waals surface area (Å²) < 4.78 is 0. The lowest BCUT2D eigenvalue weighted by molar-refractivity contribution is -0.147. The smallest absolute Gasteiger partial charge is 0.307 e. The molecule has 0 heterocycles. The van der Waals surface area contributed by atoms with Crippen LogP contribution in [0.15, 0.2) is 23.3 Å². The van der Waals surface area contributed by atoms with Crippen molar-refractivity contribution in [2.24, 2.45) is 34.5 Å². The highest BCUT2D eigenvalue weighted by Gasteiger charge is 2.59. The molecule has 2 saturated carbocycles. The lowest BCUT2D eigenvalue weighted by Crippen LogP contribution is -2.45. The summed E-state index contributed by atoms with van der Waals surface area (Å²) in [6.45, 7) is 6.65. The Morgan fingerprint density at radius 2 is 2.04 bits per heavy atom. The molecule has 130 valence electrons. The van der Waals surface area contributed by atoms with E-state index in [0.29, 0.717) is 18.3 Å². The Labute approximate surface area is 144 Å². The molecule has 24 heavy (non-hydrogen) atoms. The average molecular weight is 328 g/mol. The molecule has 1 N–H and O–H groups in total. The Kier molecular flexibility index (Phi) is 3.40. The Hall–Kier alpha value is -1.38. The molecule has 0 amide bonds. The van der Waals surface area contributed by atoms with Crippen LogP contribution < -0.4 is 0 Å². The molecule has 6 atom stereocenters. The standard InChI is InChI=1S/C21H28O3/c1-12-10-17-15-5-4-13-11-14(22)6-8-20(13,2)16(15)7-9-21(17,3)18(12)19(23)24/h7,11-12,15,17-18H,4-6,8-10H2,1-3H3,(H,23,24)/t12-,15-,17+,18+,20+,21+/m1/s1. The normalized spacial score (nSPS) is 47.2. The number of carboxylic acid groups (broad SMARTS) is 1. The highest BCUT2D eigenvalue weighted by Crippen LogP contribution is 2.65. The number of rotatable bonds is 1. The van der Waals surface area contributed by atoms with Gasteiger partial charge in [0.25, 0.3) is 0 Å². The van der Waals surface area contributed by atoms with E-state index in [2.05, 4.69) is 26.8 Å². The first-order valence-electron chi connectivity index (χ1n) is 9.44. The summed E-state index contributed by atoms with van der Waals surface area (Å²) in [6.07, 6.45) is 9.86. The monoisotopic (exact) mass is 328 g/mol. The van der Waals surface area contributed by atoms with E-state index in [1.807, 2.05) is 6.08 Å². The Morgan fingerprint density at radius 1 is 1.29 bits per heavy atom. The minimum absolute atomic E-state index is 0.0444. The lowest BCUT2D eigenvalue weighted by Gasteiger charge is -2.53. The minimum Gasteiger partial charge on any atom is -0.481 e. The largest absolute Gasteiger partial charge is 0.481 e. The highest BCUT2D eigenvalue weighted by atomic mass is 16.4. The average Bonchev–Trinajstić information content (AvgIpc) is 2.78. The molecule has 0 radical (unpaired) electrons. The fourth-order valence-corrected chi connectivity index (χ4v) is 6.75. The van der Waals surface area contributed by atoms with Gasteiger partial charge in [0.05, 0.1) is 5.92 Å². The fourth-order valence-electron chi connectivity index (χ4n) is 6.75. The van der Waals surface area contributed by atoms with E-state index in [1.165, 1.54) is 11.1 Å². The molecule has 3 heteroatoms. The summed E-state index contributed by atoms with van der Waals surface area (Å²) >= 11 is 0. The summed E-state index contributed by atoms with van der Waals surface area (Å²) in [5, 5.41) is 9.78. The molecule has 0 saturated heterocycles. The first-order valence-corrected chi connectivity index (χ1v) is 9.44. The van der Waals surface area contributed by atoms with Crippen molar-refractivity contribution in [3.8, 4) is 0 Å². The number of fused-ring (bicyclic) bond motifs is 5. The van der Waals surface area contributed by atoms with Crippen LogP contribution in [0, 0.1) is 34.5 Å². The van der Waals surface area contributed by atoms with Crippen LogP contribution in [0.5, 0.6) is 0 Å². The molecule has 0 unspecified atom stereocenters. The highest BCUT2D eigenvalue weighted by molar-refractivity contribution is 5.92. The van der Waals surface area contributed by atoms with Gasteiger partial charge in [-0.25, -0.2) is 0 Å². The minimum atomic E-state index is -0.616. The Morgan fingerprint density at radius 3 is 2.75 bits per heavy atom. The zero-order valence-corrected chi connectivity index (χ0v) is 15.0. The third kappa shape index (κ3) is 1.96. The Bertz CT molecular complexity index is 673. The van der Waals surface area contributed by atoms with E-state index in [4.69, 9.17) is 0 Å². The first-order chi connectivity index (χ1) is 11.3. The SMILES string of the molecule is C[C@@H]1C[C@H]2[C@@H]3CCC4=CC(=O)CC[C@]4(C)C3=CC[C@]2(C)[C@@H]1C(=O)O. The third-order valence-electron chi connectivity index (χ3n) is 7.94. The second kappa shape index (κ2) is 5.06. The fraction of sp³-hybridized carbons (Fsp3) is 0.714. The zero-order chi connectivity index (χ0) is 17.3. The van der Waals surface area contributed by atoms with E-state index in [0.717, 1.165) is 32.1 Å². The van der Waals surface area contributed by atoms with Gasteiger partial charge in [-0.05, 0) is 61.3 Å². The molecule has 3 nitrogen and oxygen atoms in total. The second-order valence-corrected chi connectivity index (χ2v) is 9.12. The summed E-state index contributed by atoms with van der Waals surface area (Å²) in [6, 6.07) is 0. The van der Waals surface area contributed by atoms with Crippen LogP contribution in [0.4, 0.5) is 0 Å². The topological polar surface area (TPSA) is 54.4 Å². The van der Waals surface area contributed by atoms with Crippen LogP contribution in [0.2, 0.25) is 0 Å². The Balaban J connectivity index is 1.76. The number of ketones is 1. The molecule has 0 aromatic rings. The summed E-state index contributed by atoms with van der Waals surface area (Å²) in [5.41, 5.74) is 2.78. The van der Waals surface area contributed by atoms with Crippen molar-refractivity contribution in [3.05, 3.63) is 23.3 Å². The maximum atomic E-state index is 11.9. The number of aliphatic carboxylic acids is 1. The van der Waals surface area contributed by atoms with Gasteiger partial charge in [0.15, 0.2) is 5.78 Å². The summed E-state index contributed by atoms with van der Waals surface area (Å²) in [7, 11) is 0. The van der Waals surface area contributed by atoms with E-state index >= 15 is 0 Å². The van der Waals surface area contributed by atoms with Crippen LogP contribution in [0.3, 0.4) is 0 Å². The van der Waals surface area contributed by atoms with Gasteiger partial charge in [0, 0.05) is 11.8 Å². The van der Waals surface area contributed by atoms with Gasteiger partial charge in [0.2, 0.25) is 0 Å². The zero-order valence-electron chi connectivity index (χ0n) is 15.0. The molecular formula is C21H28O3. The van der Waals surface area contributed by atoms with E-state index in [-0.39, 0.29) is 28.4 Å². The molecule has 4 aliphatic carbocycles. The summed E-state index contributed by atoms with van der Waals surface area (Å²) in [4.78, 5) is 23.7. The second-order valence-electron chi connectivity index (χ2n) is 9.12. The van der Waals surface area contributed by atoms with Crippen molar-refractivity contribution in [2.75, 3.05) is 0 Å². The van der Waals surface area contributed by atoms with Crippen LogP contribution in [-0.4, -0.2) is 16.9 Å². The molecule has 0 spiro atoms. The molecule has 0 aromatic heterocycles. The van der Waals surface area contributed by atoms with Gasteiger partial charge in [-0.1, -0.05) is 38.0 Å². The van der Waals surface area contributed by atoms with Crippen LogP contribution in [0.25, 0.3) is 0 Å². The maximum absolute atomic E-state index is 11.9. The van der Waals surface area contributed by atoms with Crippen LogP contribution in [0.1, 0.15) is 59.3 Å². The predicted octanol–water partition coefficient (Wildman–Crippen LogP) is 4.39. The van der Waals surface area contributed by atoms with Crippen molar-refractivity contribution in [3.63, 3.8) is 0 Å². The van der Waals surface area contributed by atoms with Crippen molar-refractivity contribution in [2.45, 2.75) is 59.3 Å². The van der Waals surface area contributed by atoms with Gasteiger partial charge < -0.3 is 5.11 Å².